The topological polar surface area (TPSA) is 147 Å². The van der Waals surface area contributed by atoms with Crippen molar-refractivity contribution in [2.24, 2.45) is 0 Å². The van der Waals surface area contributed by atoms with Crippen LogP contribution in [0.25, 0.3) is 11.2 Å². The molecule has 1 aliphatic heterocycles. The molecular formula is C11H12N5Na2O5P. The maximum absolute atomic E-state index is 11.8. The van der Waals surface area contributed by atoms with Crippen LogP contribution >= 0.6 is 7.60 Å². The summed E-state index contributed by atoms with van der Waals surface area (Å²) in [5.41, 5.74) is 0.255. The number of imidazole rings is 1. The van der Waals surface area contributed by atoms with E-state index in [2.05, 4.69) is 15.0 Å². The van der Waals surface area contributed by atoms with Crippen molar-refractivity contribution in [1.29, 1.82) is 0 Å². The zero-order chi connectivity index (χ0) is 15.9. The number of H-pyrrole nitrogens is 1. The van der Waals surface area contributed by atoms with Crippen LogP contribution in [0.2, 0.25) is 0 Å². The van der Waals surface area contributed by atoms with E-state index in [1.165, 1.54) is 17.6 Å². The fourth-order valence-electron chi connectivity index (χ4n) is 2.59. The van der Waals surface area contributed by atoms with E-state index in [-0.39, 0.29) is 82.8 Å². The first kappa shape index (κ1) is 22.0. The van der Waals surface area contributed by atoms with Gasteiger partial charge in [0.15, 0.2) is 11.2 Å². The van der Waals surface area contributed by atoms with Crippen LogP contribution in [0.1, 0.15) is 12.5 Å². The van der Waals surface area contributed by atoms with Gasteiger partial charge in [-0.3, -0.25) is 9.59 Å². The monoisotopic (exact) mass is 371 g/mol. The summed E-state index contributed by atoms with van der Waals surface area (Å²) in [6.07, 6.45) is 2.29. The summed E-state index contributed by atoms with van der Waals surface area (Å²) in [5.74, 6) is -0.703. The summed E-state index contributed by atoms with van der Waals surface area (Å²) in [7, 11) is -4.87. The van der Waals surface area contributed by atoms with Crippen molar-refractivity contribution in [3.05, 3.63) is 23.0 Å². The second kappa shape index (κ2) is 8.57. The molecule has 1 atom stereocenters. The molecule has 1 amide bonds. The SMILES string of the molecule is O=C(CP(=O)([O-])[O-])N1CC[C@@H](n2cnc3c(=O)[nH]cnc32)C1.[Na+].[Na+]. The van der Waals surface area contributed by atoms with E-state index in [0.29, 0.717) is 18.6 Å². The molecule has 118 valence electrons. The molecule has 2 aromatic heterocycles. The zero-order valence-corrected chi connectivity index (χ0v) is 18.2. The number of fused-ring (bicyclic) bond motifs is 1. The van der Waals surface area contributed by atoms with Crippen molar-refractivity contribution in [3.63, 3.8) is 0 Å². The van der Waals surface area contributed by atoms with Crippen LogP contribution in [-0.4, -0.2) is 49.6 Å². The molecule has 13 heteroatoms. The average Bonchev–Trinajstić information content (AvgIpc) is 3.03. The fraction of sp³-hybridized carbons (Fsp3) is 0.455. The van der Waals surface area contributed by atoms with Gasteiger partial charge in [-0.05, 0) is 6.42 Å². The molecule has 0 saturated carbocycles. The summed E-state index contributed by atoms with van der Waals surface area (Å²) < 4.78 is 12.4. The molecule has 0 bridgehead atoms. The van der Waals surface area contributed by atoms with E-state index in [1.807, 2.05) is 0 Å². The van der Waals surface area contributed by atoms with Crippen LogP contribution in [0.3, 0.4) is 0 Å². The maximum Gasteiger partial charge on any atom is 1.00 e. The minimum absolute atomic E-state index is 0. The van der Waals surface area contributed by atoms with E-state index in [0.717, 1.165) is 0 Å². The summed E-state index contributed by atoms with van der Waals surface area (Å²) in [6, 6.07) is -0.166. The molecule has 2 aromatic rings. The molecule has 0 radical (unpaired) electrons. The molecule has 3 heterocycles. The molecule has 10 nitrogen and oxygen atoms in total. The number of aromatic amines is 1. The van der Waals surface area contributed by atoms with Crippen LogP contribution in [0.5, 0.6) is 0 Å². The van der Waals surface area contributed by atoms with Crippen LogP contribution in [0.4, 0.5) is 0 Å². The normalized spacial score (nSPS) is 17.4. The number of nitrogens with zero attached hydrogens (tertiary/aromatic N) is 4. The summed E-state index contributed by atoms with van der Waals surface area (Å²) in [6.45, 7) is 0.588. The average molecular weight is 371 g/mol. The first-order chi connectivity index (χ1) is 10.3. The molecule has 24 heavy (non-hydrogen) atoms. The summed E-state index contributed by atoms with van der Waals surface area (Å²) in [4.78, 5) is 56.5. The van der Waals surface area contributed by atoms with Gasteiger partial charge in [0.05, 0.1) is 24.9 Å². The second-order valence-electron chi connectivity index (χ2n) is 5.11. The Labute approximate surface area is 180 Å². The Morgan fingerprint density at radius 3 is 2.75 bits per heavy atom. The Morgan fingerprint density at radius 1 is 1.38 bits per heavy atom. The standard InChI is InChI=1S/C11H14N5O5P.2Na/c17-8(4-22(19,20)21)15-2-1-7(3-15)16-6-14-9-10(16)12-5-13-11(9)18;;/h5-7H,1-4H2,(H,12,13,18)(H2,19,20,21);;/q;2*+1/p-2/t7-;;/m1../s1. The van der Waals surface area contributed by atoms with Gasteiger partial charge in [0.1, 0.15) is 0 Å². The number of amides is 1. The van der Waals surface area contributed by atoms with E-state index >= 15 is 0 Å². The number of rotatable bonds is 3. The minimum Gasteiger partial charge on any atom is -0.810 e. The molecule has 0 unspecified atom stereocenters. The quantitative estimate of drug-likeness (QED) is 0.416. The van der Waals surface area contributed by atoms with Crippen LogP contribution in [0.15, 0.2) is 17.4 Å². The first-order valence-electron chi connectivity index (χ1n) is 6.54. The molecule has 0 aliphatic carbocycles. The number of likely N-dealkylation sites (tertiary alicyclic amines) is 1. The van der Waals surface area contributed by atoms with E-state index in [9.17, 15) is 23.9 Å². The van der Waals surface area contributed by atoms with Gasteiger partial charge in [-0.25, -0.2) is 9.97 Å². The third kappa shape index (κ3) is 4.78. The third-order valence-corrected chi connectivity index (χ3v) is 4.26. The van der Waals surface area contributed by atoms with E-state index in [1.54, 1.807) is 4.57 Å². The maximum atomic E-state index is 11.8. The van der Waals surface area contributed by atoms with Gasteiger partial charge >= 0.3 is 59.1 Å². The Hall–Kier alpha value is -0.0300. The van der Waals surface area contributed by atoms with Crippen molar-refractivity contribution in [1.82, 2.24) is 24.4 Å². The van der Waals surface area contributed by atoms with Crippen molar-refractivity contribution >= 4 is 24.7 Å². The largest absolute Gasteiger partial charge is 1.00 e. The van der Waals surface area contributed by atoms with Gasteiger partial charge in [0.2, 0.25) is 5.91 Å². The van der Waals surface area contributed by atoms with E-state index < -0.39 is 19.7 Å². The molecule has 1 fully saturated rings. The molecule has 3 rings (SSSR count). The molecule has 1 N–H and O–H groups in total. The van der Waals surface area contributed by atoms with Gasteiger partial charge in [-0.2, -0.15) is 0 Å². The summed E-state index contributed by atoms with van der Waals surface area (Å²) in [5, 5.41) is 0. The van der Waals surface area contributed by atoms with Crippen molar-refractivity contribution in [3.8, 4) is 0 Å². The zero-order valence-electron chi connectivity index (χ0n) is 13.3. The Bertz CT molecular complexity index is 834. The second-order valence-corrected chi connectivity index (χ2v) is 6.65. The minimum atomic E-state index is -4.87. The molecular weight excluding hydrogens is 359 g/mol. The van der Waals surface area contributed by atoms with E-state index in [4.69, 9.17) is 0 Å². The van der Waals surface area contributed by atoms with Gasteiger partial charge in [0, 0.05) is 13.1 Å². The summed E-state index contributed by atoms with van der Waals surface area (Å²) >= 11 is 0. The smallest absolute Gasteiger partial charge is 0.810 e. The molecule has 0 spiro atoms. The Balaban J connectivity index is 0.00000144. The van der Waals surface area contributed by atoms with Gasteiger partial charge < -0.3 is 28.8 Å². The third-order valence-electron chi connectivity index (χ3n) is 3.60. The number of carbonyl (C=O) groups excluding carboxylic acids is 1. The van der Waals surface area contributed by atoms with Crippen molar-refractivity contribution < 1.29 is 78.3 Å². The van der Waals surface area contributed by atoms with Crippen molar-refractivity contribution in [2.75, 3.05) is 19.3 Å². The predicted molar refractivity (Wildman–Crippen MR) is 70.9 cm³/mol. The number of aromatic nitrogens is 4. The van der Waals surface area contributed by atoms with Crippen LogP contribution in [0, 0.1) is 0 Å². The molecule has 1 aliphatic rings. The fourth-order valence-corrected chi connectivity index (χ4v) is 3.12. The number of carbonyl (C=O) groups is 1. The van der Waals surface area contributed by atoms with Gasteiger partial charge in [-0.1, -0.05) is 7.60 Å². The number of hydrogen-bond acceptors (Lipinski definition) is 7. The van der Waals surface area contributed by atoms with Crippen LogP contribution in [-0.2, 0) is 9.36 Å². The number of nitrogens with one attached hydrogen (secondary N) is 1. The van der Waals surface area contributed by atoms with Gasteiger partial charge in [-0.15, -0.1) is 0 Å². The van der Waals surface area contributed by atoms with Crippen molar-refractivity contribution in [2.45, 2.75) is 12.5 Å². The molecule has 0 aromatic carbocycles. The van der Waals surface area contributed by atoms with Gasteiger partial charge in [0.25, 0.3) is 5.56 Å². The predicted octanol–water partition coefficient (Wildman–Crippen LogP) is -8.19. The Morgan fingerprint density at radius 2 is 2.08 bits per heavy atom. The first-order valence-corrected chi connectivity index (χ1v) is 8.27. The molecule has 1 saturated heterocycles. The number of hydrogen-bond donors (Lipinski definition) is 1. The van der Waals surface area contributed by atoms with Crippen LogP contribution < -0.4 is 74.5 Å². The Kier molecular flexibility index (Phi) is 7.86.